The fraction of sp³-hybridized carbons (Fsp3) is 0.333. The van der Waals surface area contributed by atoms with Gasteiger partial charge in [-0.05, 0) is 48.6 Å². The molecular formula is C15H18N4. The monoisotopic (exact) mass is 254 g/mol. The third kappa shape index (κ3) is 2.52. The first-order chi connectivity index (χ1) is 9.22. The highest BCUT2D eigenvalue weighted by atomic mass is 15.1. The van der Waals surface area contributed by atoms with Crippen LogP contribution in [-0.2, 0) is 19.4 Å². The number of aryl methyl sites for hydroxylation is 2. The minimum absolute atomic E-state index is 0.521. The van der Waals surface area contributed by atoms with E-state index in [0.29, 0.717) is 12.4 Å². The summed E-state index contributed by atoms with van der Waals surface area (Å²) >= 11 is 0. The molecule has 0 fully saturated rings. The maximum absolute atomic E-state index is 5.68. The number of benzene rings is 1. The SMILES string of the molecule is CN(Cc1nccc(N)n1)c1ccc2c(c1)CCC2. The molecule has 1 aliphatic rings. The van der Waals surface area contributed by atoms with Crippen LogP contribution in [0.2, 0.25) is 0 Å². The van der Waals surface area contributed by atoms with E-state index >= 15 is 0 Å². The average Bonchev–Trinajstić information content (AvgIpc) is 2.85. The molecule has 0 aliphatic heterocycles. The van der Waals surface area contributed by atoms with E-state index in [1.165, 1.54) is 36.1 Å². The van der Waals surface area contributed by atoms with E-state index in [9.17, 15) is 0 Å². The summed E-state index contributed by atoms with van der Waals surface area (Å²) in [6.07, 6.45) is 5.40. The van der Waals surface area contributed by atoms with Gasteiger partial charge < -0.3 is 10.6 Å². The van der Waals surface area contributed by atoms with Gasteiger partial charge in [0.25, 0.3) is 0 Å². The minimum Gasteiger partial charge on any atom is -0.384 e. The predicted molar refractivity (Wildman–Crippen MR) is 77.0 cm³/mol. The lowest BCUT2D eigenvalue weighted by molar-refractivity contribution is 0.839. The number of hydrogen-bond donors (Lipinski definition) is 1. The van der Waals surface area contributed by atoms with Gasteiger partial charge in [-0.2, -0.15) is 0 Å². The Hall–Kier alpha value is -2.10. The molecule has 0 radical (unpaired) electrons. The van der Waals surface area contributed by atoms with Crippen LogP contribution in [0.5, 0.6) is 0 Å². The van der Waals surface area contributed by atoms with Crippen LogP contribution in [0.25, 0.3) is 0 Å². The lowest BCUT2D eigenvalue weighted by Crippen LogP contribution is -2.18. The number of rotatable bonds is 3. The summed E-state index contributed by atoms with van der Waals surface area (Å²) in [5.74, 6) is 1.27. The molecule has 1 aromatic heterocycles. The first-order valence-electron chi connectivity index (χ1n) is 6.63. The van der Waals surface area contributed by atoms with Crippen molar-refractivity contribution in [3.05, 3.63) is 47.4 Å². The Labute approximate surface area is 113 Å². The van der Waals surface area contributed by atoms with Crippen molar-refractivity contribution >= 4 is 11.5 Å². The van der Waals surface area contributed by atoms with Crippen molar-refractivity contribution in [2.24, 2.45) is 0 Å². The van der Waals surface area contributed by atoms with Crippen LogP contribution < -0.4 is 10.6 Å². The quantitative estimate of drug-likeness (QED) is 0.912. The van der Waals surface area contributed by atoms with E-state index in [4.69, 9.17) is 5.73 Å². The second kappa shape index (κ2) is 4.88. The Kier molecular flexibility index (Phi) is 3.07. The van der Waals surface area contributed by atoms with E-state index in [2.05, 4.69) is 40.1 Å². The Morgan fingerprint density at radius 3 is 2.89 bits per heavy atom. The van der Waals surface area contributed by atoms with Crippen LogP contribution in [0.3, 0.4) is 0 Å². The molecule has 1 aliphatic carbocycles. The molecule has 1 aromatic carbocycles. The normalized spacial score (nSPS) is 13.3. The zero-order valence-electron chi connectivity index (χ0n) is 11.1. The minimum atomic E-state index is 0.521. The van der Waals surface area contributed by atoms with Crippen molar-refractivity contribution in [1.82, 2.24) is 9.97 Å². The largest absolute Gasteiger partial charge is 0.384 e. The summed E-state index contributed by atoms with van der Waals surface area (Å²) in [5.41, 5.74) is 9.87. The molecule has 0 spiro atoms. The average molecular weight is 254 g/mol. The van der Waals surface area contributed by atoms with Gasteiger partial charge in [-0.25, -0.2) is 9.97 Å². The van der Waals surface area contributed by atoms with Crippen molar-refractivity contribution in [1.29, 1.82) is 0 Å². The maximum atomic E-state index is 5.68. The van der Waals surface area contributed by atoms with Gasteiger partial charge in [0, 0.05) is 18.9 Å². The number of hydrogen-bond acceptors (Lipinski definition) is 4. The standard InChI is InChI=1S/C15H18N4/c1-19(10-15-17-8-7-14(16)18-15)13-6-5-11-3-2-4-12(11)9-13/h5-9H,2-4,10H2,1H3,(H2,16,17,18). The molecule has 3 rings (SSSR count). The lowest BCUT2D eigenvalue weighted by Gasteiger charge is -2.19. The maximum Gasteiger partial charge on any atom is 0.149 e. The zero-order valence-corrected chi connectivity index (χ0v) is 11.1. The molecule has 0 saturated heterocycles. The van der Waals surface area contributed by atoms with Gasteiger partial charge in [-0.15, -0.1) is 0 Å². The molecule has 0 atom stereocenters. The molecule has 4 nitrogen and oxygen atoms in total. The van der Waals surface area contributed by atoms with Crippen LogP contribution in [0.15, 0.2) is 30.5 Å². The lowest BCUT2D eigenvalue weighted by atomic mass is 10.1. The van der Waals surface area contributed by atoms with Crippen molar-refractivity contribution < 1.29 is 0 Å². The van der Waals surface area contributed by atoms with Gasteiger partial charge in [0.1, 0.15) is 11.6 Å². The topological polar surface area (TPSA) is 55.0 Å². The van der Waals surface area contributed by atoms with Gasteiger partial charge in [-0.3, -0.25) is 0 Å². The summed E-state index contributed by atoms with van der Waals surface area (Å²) in [5, 5.41) is 0. The smallest absolute Gasteiger partial charge is 0.149 e. The summed E-state index contributed by atoms with van der Waals surface area (Å²) < 4.78 is 0. The van der Waals surface area contributed by atoms with Crippen LogP contribution in [-0.4, -0.2) is 17.0 Å². The number of aromatic nitrogens is 2. The third-order valence-corrected chi connectivity index (χ3v) is 3.63. The third-order valence-electron chi connectivity index (χ3n) is 3.63. The van der Waals surface area contributed by atoms with Crippen molar-refractivity contribution in [2.45, 2.75) is 25.8 Å². The zero-order chi connectivity index (χ0) is 13.2. The van der Waals surface area contributed by atoms with E-state index < -0.39 is 0 Å². The van der Waals surface area contributed by atoms with E-state index in [-0.39, 0.29) is 0 Å². The number of nitrogen functional groups attached to an aromatic ring is 1. The van der Waals surface area contributed by atoms with Crippen LogP contribution in [0.4, 0.5) is 11.5 Å². The summed E-state index contributed by atoms with van der Waals surface area (Å²) in [6, 6.07) is 8.42. The Balaban J connectivity index is 1.78. The molecule has 1 heterocycles. The highest BCUT2D eigenvalue weighted by Crippen LogP contribution is 2.26. The van der Waals surface area contributed by atoms with Crippen LogP contribution in [0, 0.1) is 0 Å². The van der Waals surface area contributed by atoms with E-state index in [0.717, 1.165) is 5.82 Å². The Morgan fingerprint density at radius 2 is 2.05 bits per heavy atom. The van der Waals surface area contributed by atoms with E-state index in [1.54, 1.807) is 12.3 Å². The van der Waals surface area contributed by atoms with Crippen molar-refractivity contribution in [2.75, 3.05) is 17.7 Å². The second-order valence-electron chi connectivity index (χ2n) is 5.06. The molecule has 19 heavy (non-hydrogen) atoms. The molecule has 0 saturated carbocycles. The van der Waals surface area contributed by atoms with Gasteiger partial charge >= 0.3 is 0 Å². The molecule has 2 aromatic rings. The summed E-state index contributed by atoms with van der Waals surface area (Å²) in [4.78, 5) is 10.6. The fourth-order valence-electron chi connectivity index (χ4n) is 2.59. The Morgan fingerprint density at radius 1 is 1.21 bits per heavy atom. The number of nitrogens with zero attached hydrogens (tertiary/aromatic N) is 3. The molecule has 4 heteroatoms. The highest BCUT2D eigenvalue weighted by Gasteiger charge is 2.12. The molecule has 2 N–H and O–H groups in total. The van der Waals surface area contributed by atoms with Gasteiger partial charge in [0.15, 0.2) is 0 Å². The molecular weight excluding hydrogens is 236 g/mol. The van der Waals surface area contributed by atoms with Gasteiger partial charge in [0.05, 0.1) is 6.54 Å². The summed E-state index contributed by atoms with van der Waals surface area (Å²) in [7, 11) is 2.06. The van der Waals surface area contributed by atoms with Crippen molar-refractivity contribution in [3.63, 3.8) is 0 Å². The molecule has 0 unspecified atom stereocenters. The fourth-order valence-corrected chi connectivity index (χ4v) is 2.59. The predicted octanol–water partition coefficient (Wildman–Crippen LogP) is 2.18. The molecule has 98 valence electrons. The molecule has 0 bridgehead atoms. The number of fused-ring (bicyclic) bond motifs is 1. The highest BCUT2D eigenvalue weighted by molar-refractivity contribution is 5.51. The first-order valence-corrected chi connectivity index (χ1v) is 6.63. The van der Waals surface area contributed by atoms with Crippen LogP contribution >= 0.6 is 0 Å². The summed E-state index contributed by atoms with van der Waals surface area (Å²) in [6.45, 7) is 0.670. The van der Waals surface area contributed by atoms with Gasteiger partial charge in [0.2, 0.25) is 0 Å². The van der Waals surface area contributed by atoms with E-state index in [1.807, 2.05) is 0 Å². The van der Waals surface area contributed by atoms with Crippen molar-refractivity contribution in [3.8, 4) is 0 Å². The van der Waals surface area contributed by atoms with Crippen LogP contribution in [0.1, 0.15) is 23.4 Å². The molecule has 0 amide bonds. The second-order valence-corrected chi connectivity index (χ2v) is 5.06. The number of nitrogens with two attached hydrogens (primary N) is 1. The number of anilines is 2. The van der Waals surface area contributed by atoms with Gasteiger partial charge in [-0.1, -0.05) is 6.07 Å². The first kappa shape index (κ1) is 12.0. The Bertz CT molecular complexity index is 594.